The third-order valence-corrected chi connectivity index (χ3v) is 6.88. The molecule has 1 amide bonds. The van der Waals surface area contributed by atoms with E-state index in [2.05, 4.69) is 31.7 Å². The van der Waals surface area contributed by atoms with Gasteiger partial charge in [-0.25, -0.2) is 9.67 Å². The minimum absolute atomic E-state index is 0.189. The largest absolute Gasteiger partial charge is 0.351 e. The normalized spacial score (nSPS) is 23.0. The predicted octanol–water partition coefficient (Wildman–Crippen LogP) is 2.58. The standard InChI is InChI=1S/C22H24N8O/c1-12(31)30-10-14-5-16(6-15(14)11-30)25-22-24-9-18-17(8-23-21(18)26-22)13-3-4-19-20(7-13)29(2)28-27-19/h3-4,7-9,14-16H,5-6,10-11H2,1-2H3,(H2,23,24,25,26)/t14-,15+,16-. The lowest BCUT2D eigenvalue weighted by Gasteiger charge is -2.18. The molecule has 4 heterocycles. The van der Waals surface area contributed by atoms with Crippen molar-refractivity contribution >= 4 is 33.9 Å². The van der Waals surface area contributed by atoms with Crippen LogP contribution in [-0.4, -0.2) is 59.9 Å². The average molecular weight is 416 g/mol. The van der Waals surface area contributed by atoms with Crippen molar-refractivity contribution in [2.45, 2.75) is 25.8 Å². The van der Waals surface area contributed by atoms with Crippen molar-refractivity contribution in [1.82, 2.24) is 34.8 Å². The summed E-state index contributed by atoms with van der Waals surface area (Å²) in [4.78, 5) is 26.2. The molecule has 9 heteroatoms. The molecule has 9 nitrogen and oxygen atoms in total. The number of nitrogens with zero attached hydrogens (tertiary/aromatic N) is 6. The van der Waals surface area contributed by atoms with Gasteiger partial charge in [0.05, 0.1) is 5.52 Å². The van der Waals surface area contributed by atoms with Gasteiger partial charge < -0.3 is 15.2 Å². The SMILES string of the molecule is CC(=O)N1C[C@H]2C[C@@H](Nc3ncc4c(-c5ccc6nnn(C)c6c5)c[nH]c4n3)C[C@H]2C1. The molecule has 158 valence electrons. The second-order valence-electron chi connectivity index (χ2n) is 8.83. The van der Waals surface area contributed by atoms with E-state index < -0.39 is 0 Å². The van der Waals surface area contributed by atoms with Crippen LogP contribution in [0.4, 0.5) is 5.95 Å². The summed E-state index contributed by atoms with van der Waals surface area (Å²) in [6, 6.07) is 6.48. The fourth-order valence-corrected chi connectivity index (χ4v) is 5.27. The number of H-pyrrole nitrogens is 1. The Bertz CT molecular complexity index is 1290. The van der Waals surface area contributed by atoms with Gasteiger partial charge in [0.25, 0.3) is 0 Å². The van der Waals surface area contributed by atoms with Gasteiger partial charge in [0.15, 0.2) is 0 Å². The minimum Gasteiger partial charge on any atom is -0.351 e. The fraction of sp³-hybridized carbons (Fsp3) is 0.409. The Balaban J connectivity index is 1.22. The molecule has 0 unspecified atom stereocenters. The van der Waals surface area contributed by atoms with E-state index in [0.29, 0.717) is 23.8 Å². The summed E-state index contributed by atoms with van der Waals surface area (Å²) < 4.78 is 1.78. The number of aromatic amines is 1. The summed E-state index contributed by atoms with van der Waals surface area (Å²) in [6.45, 7) is 3.43. The van der Waals surface area contributed by atoms with Gasteiger partial charge in [0.1, 0.15) is 11.2 Å². The van der Waals surface area contributed by atoms with Crippen LogP contribution in [0.3, 0.4) is 0 Å². The van der Waals surface area contributed by atoms with E-state index in [0.717, 1.165) is 59.1 Å². The van der Waals surface area contributed by atoms with Crippen LogP contribution in [0.15, 0.2) is 30.6 Å². The molecule has 0 spiro atoms. The zero-order valence-corrected chi connectivity index (χ0v) is 17.5. The Kier molecular flexibility index (Phi) is 3.99. The summed E-state index contributed by atoms with van der Waals surface area (Å²) in [5.74, 6) is 2.01. The minimum atomic E-state index is 0.189. The first-order valence-electron chi connectivity index (χ1n) is 10.7. The van der Waals surface area contributed by atoms with E-state index in [1.54, 1.807) is 11.6 Å². The summed E-state index contributed by atoms with van der Waals surface area (Å²) in [5, 5.41) is 12.7. The predicted molar refractivity (Wildman–Crippen MR) is 117 cm³/mol. The number of fused-ring (bicyclic) bond motifs is 3. The molecule has 1 saturated heterocycles. The average Bonchev–Trinajstić information content (AvgIpc) is 3.50. The van der Waals surface area contributed by atoms with Gasteiger partial charge in [-0.2, -0.15) is 4.98 Å². The number of hydrogen-bond acceptors (Lipinski definition) is 6. The van der Waals surface area contributed by atoms with Crippen LogP contribution in [-0.2, 0) is 11.8 Å². The number of hydrogen-bond donors (Lipinski definition) is 2. The molecule has 3 atom stereocenters. The van der Waals surface area contributed by atoms with Crippen molar-refractivity contribution < 1.29 is 4.79 Å². The molecule has 1 saturated carbocycles. The maximum atomic E-state index is 11.6. The first kappa shape index (κ1) is 18.3. The van der Waals surface area contributed by atoms with E-state index in [1.807, 2.05) is 36.5 Å². The number of nitrogens with one attached hydrogen (secondary N) is 2. The van der Waals surface area contributed by atoms with Gasteiger partial charge in [0, 0.05) is 56.4 Å². The molecule has 1 aliphatic carbocycles. The number of likely N-dealkylation sites (tertiary alicyclic amines) is 1. The van der Waals surface area contributed by atoms with Crippen LogP contribution in [0.1, 0.15) is 19.8 Å². The van der Waals surface area contributed by atoms with E-state index in [4.69, 9.17) is 4.98 Å². The van der Waals surface area contributed by atoms with Crippen LogP contribution < -0.4 is 5.32 Å². The fourth-order valence-electron chi connectivity index (χ4n) is 5.27. The first-order valence-corrected chi connectivity index (χ1v) is 10.7. The molecule has 4 aromatic rings. The maximum absolute atomic E-state index is 11.6. The number of anilines is 1. The molecule has 1 aromatic carbocycles. The first-order chi connectivity index (χ1) is 15.0. The topological polar surface area (TPSA) is 105 Å². The Morgan fingerprint density at radius 1 is 1.23 bits per heavy atom. The molecular formula is C22H24N8O. The Morgan fingerprint density at radius 3 is 2.81 bits per heavy atom. The van der Waals surface area contributed by atoms with Gasteiger partial charge >= 0.3 is 0 Å². The van der Waals surface area contributed by atoms with Crippen molar-refractivity contribution in [3.05, 3.63) is 30.6 Å². The quantitative estimate of drug-likeness (QED) is 0.532. The van der Waals surface area contributed by atoms with Gasteiger partial charge in [0.2, 0.25) is 11.9 Å². The van der Waals surface area contributed by atoms with Gasteiger partial charge in [-0.3, -0.25) is 4.79 Å². The zero-order valence-electron chi connectivity index (χ0n) is 17.5. The lowest BCUT2D eigenvalue weighted by atomic mass is 10.0. The van der Waals surface area contributed by atoms with Gasteiger partial charge in [-0.15, -0.1) is 5.10 Å². The highest BCUT2D eigenvalue weighted by molar-refractivity contribution is 5.95. The van der Waals surface area contributed by atoms with E-state index in [1.165, 1.54) is 0 Å². The number of carbonyl (C=O) groups excluding carboxylic acids is 1. The van der Waals surface area contributed by atoms with Gasteiger partial charge in [-0.1, -0.05) is 11.3 Å². The Labute approximate surface area is 178 Å². The summed E-state index contributed by atoms with van der Waals surface area (Å²) in [7, 11) is 1.89. The highest BCUT2D eigenvalue weighted by Crippen LogP contribution is 2.39. The molecule has 0 bridgehead atoms. The third-order valence-electron chi connectivity index (χ3n) is 6.88. The van der Waals surface area contributed by atoms with E-state index in [9.17, 15) is 4.79 Å². The number of aromatic nitrogens is 6. The number of benzene rings is 1. The molecule has 3 aromatic heterocycles. The van der Waals surface area contributed by atoms with Crippen LogP contribution in [0, 0.1) is 11.8 Å². The molecule has 6 rings (SSSR count). The molecule has 31 heavy (non-hydrogen) atoms. The number of rotatable bonds is 3. The molecule has 1 aliphatic heterocycles. The van der Waals surface area contributed by atoms with Crippen molar-refractivity contribution in [2.75, 3.05) is 18.4 Å². The Hall–Kier alpha value is -3.49. The molecular weight excluding hydrogens is 392 g/mol. The van der Waals surface area contributed by atoms with E-state index in [-0.39, 0.29) is 5.91 Å². The van der Waals surface area contributed by atoms with Crippen LogP contribution in [0.2, 0.25) is 0 Å². The van der Waals surface area contributed by atoms with Crippen LogP contribution in [0.25, 0.3) is 33.2 Å². The molecule has 2 fully saturated rings. The lowest BCUT2D eigenvalue weighted by molar-refractivity contribution is -0.128. The van der Waals surface area contributed by atoms with Crippen molar-refractivity contribution in [3.63, 3.8) is 0 Å². The summed E-state index contributed by atoms with van der Waals surface area (Å²) in [6.07, 6.45) is 5.98. The number of carbonyl (C=O) groups is 1. The van der Waals surface area contributed by atoms with Crippen molar-refractivity contribution in [3.8, 4) is 11.1 Å². The zero-order chi connectivity index (χ0) is 21.1. The second-order valence-corrected chi connectivity index (χ2v) is 8.83. The monoisotopic (exact) mass is 416 g/mol. The van der Waals surface area contributed by atoms with Crippen molar-refractivity contribution in [2.24, 2.45) is 18.9 Å². The van der Waals surface area contributed by atoms with E-state index >= 15 is 0 Å². The highest BCUT2D eigenvalue weighted by Gasteiger charge is 2.41. The molecule has 2 aliphatic rings. The molecule has 2 N–H and O–H groups in total. The highest BCUT2D eigenvalue weighted by atomic mass is 16.2. The molecule has 0 radical (unpaired) electrons. The van der Waals surface area contributed by atoms with Crippen LogP contribution in [0.5, 0.6) is 0 Å². The lowest BCUT2D eigenvalue weighted by Crippen LogP contribution is -2.29. The Morgan fingerprint density at radius 2 is 2.03 bits per heavy atom. The smallest absolute Gasteiger partial charge is 0.224 e. The summed E-state index contributed by atoms with van der Waals surface area (Å²) in [5.41, 5.74) is 4.82. The third kappa shape index (κ3) is 3.03. The number of aryl methyl sites for hydroxylation is 1. The van der Waals surface area contributed by atoms with Crippen molar-refractivity contribution in [1.29, 1.82) is 0 Å². The maximum Gasteiger partial charge on any atom is 0.224 e. The van der Waals surface area contributed by atoms with Gasteiger partial charge in [-0.05, 0) is 42.4 Å². The second kappa shape index (κ2) is 6.76. The van der Waals surface area contributed by atoms with Crippen LogP contribution >= 0.6 is 0 Å². The summed E-state index contributed by atoms with van der Waals surface area (Å²) >= 11 is 0. The number of amides is 1.